The second-order valence-electron chi connectivity index (χ2n) is 6.01. The van der Waals surface area contributed by atoms with Crippen molar-refractivity contribution in [3.63, 3.8) is 0 Å². The van der Waals surface area contributed by atoms with Gasteiger partial charge in [0.05, 0.1) is 0 Å². The first-order valence-corrected chi connectivity index (χ1v) is 8.13. The van der Waals surface area contributed by atoms with E-state index in [9.17, 15) is 0 Å². The largest absolute Gasteiger partial charge is 0.389 e. The van der Waals surface area contributed by atoms with Crippen molar-refractivity contribution in [1.29, 1.82) is 0 Å². The van der Waals surface area contributed by atoms with Crippen molar-refractivity contribution in [2.24, 2.45) is 11.7 Å². The lowest BCUT2D eigenvalue weighted by molar-refractivity contribution is 0.535. The number of halogens is 1. The van der Waals surface area contributed by atoms with Crippen molar-refractivity contribution in [2.75, 3.05) is 11.4 Å². The molecule has 0 unspecified atom stereocenters. The summed E-state index contributed by atoms with van der Waals surface area (Å²) in [6, 6.07) is 6.49. The SMILES string of the molecule is CC(C)CN(c1ccc(Cl)cc1C(N)=S)C1CCCC1. The van der Waals surface area contributed by atoms with Gasteiger partial charge in [0.2, 0.25) is 0 Å². The third-order valence-electron chi connectivity index (χ3n) is 3.86. The lowest BCUT2D eigenvalue weighted by Gasteiger charge is -2.34. The molecule has 2 nitrogen and oxygen atoms in total. The number of hydrogen-bond donors (Lipinski definition) is 1. The predicted molar refractivity (Wildman–Crippen MR) is 91.8 cm³/mol. The Hall–Kier alpha value is -0.800. The Morgan fingerprint density at radius 3 is 2.60 bits per heavy atom. The zero-order valence-electron chi connectivity index (χ0n) is 12.2. The van der Waals surface area contributed by atoms with E-state index in [4.69, 9.17) is 29.6 Å². The average Bonchev–Trinajstić information content (AvgIpc) is 2.89. The quantitative estimate of drug-likeness (QED) is 0.818. The molecule has 0 bridgehead atoms. The van der Waals surface area contributed by atoms with Crippen molar-refractivity contribution in [1.82, 2.24) is 0 Å². The molecule has 1 aliphatic rings. The Morgan fingerprint density at radius 1 is 1.40 bits per heavy atom. The summed E-state index contributed by atoms with van der Waals surface area (Å²) in [7, 11) is 0. The third kappa shape index (κ3) is 3.64. The minimum absolute atomic E-state index is 0.425. The molecule has 1 aliphatic carbocycles. The van der Waals surface area contributed by atoms with Crippen LogP contribution in [0.25, 0.3) is 0 Å². The van der Waals surface area contributed by atoms with Crippen molar-refractivity contribution in [3.05, 3.63) is 28.8 Å². The number of nitrogens with zero attached hydrogens (tertiary/aromatic N) is 1. The zero-order chi connectivity index (χ0) is 14.7. The molecule has 1 aromatic carbocycles. The van der Waals surface area contributed by atoms with Gasteiger partial charge in [-0.2, -0.15) is 0 Å². The maximum Gasteiger partial charge on any atom is 0.106 e. The molecular weight excluding hydrogens is 288 g/mol. The molecule has 0 spiro atoms. The molecule has 0 aliphatic heterocycles. The summed E-state index contributed by atoms with van der Waals surface area (Å²) < 4.78 is 0. The minimum atomic E-state index is 0.425. The van der Waals surface area contributed by atoms with Gasteiger partial charge in [-0.1, -0.05) is 50.5 Å². The van der Waals surface area contributed by atoms with E-state index in [1.807, 2.05) is 12.1 Å². The van der Waals surface area contributed by atoms with Crippen LogP contribution < -0.4 is 10.6 Å². The summed E-state index contributed by atoms with van der Waals surface area (Å²) in [5, 5.41) is 0.687. The van der Waals surface area contributed by atoms with Crippen LogP contribution in [0.3, 0.4) is 0 Å². The highest BCUT2D eigenvalue weighted by molar-refractivity contribution is 7.80. The Labute approximate surface area is 132 Å². The van der Waals surface area contributed by atoms with E-state index in [2.05, 4.69) is 24.8 Å². The second-order valence-corrected chi connectivity index (χ2v) is 6.89. The van der Waals surface area contributed by atoms with Gasteiger partial charge in [-0.25, -0.2) is 0 Å². The molecule has 20 heavy (non-hydrogen) atoms. The van der Waals surface area contributed by atoms with Gasteiger partial charge < -0.3 is 10.6 Å². The van der Waals surface area contributed by atoms with Crippen LogP contribution >= 0.6 is 23.8 Å². The van der Waals surface area contributed by atoms with Crippen LogP contribution in [0.2, 0.25) is 5.02 Å². The van der Waals surface area contributed by atoms with E-state index in [1.165, 1.54) is 25.7 Å². The van der Waals surface area contributed by atoms with Gasteiger partial charge in [0.25, 0.3) is 0 Å². The first-order valence-electron chi connectivity index (χ1n) is 7.35. The topological polar surface area (TPSA) is 29.3 Å². The van der Waals surface area contributed by atoms with Gasteiger partial charge in [-0.15, -0.1) is 0 Å². The van der Waals surface area contributed by atoms with E-state index >= 15 is 0 Å². The molecule has 0 amide bonds. The van der Waals surface area contributed by atoms with Crippen LogP contribution in [0.4, 0.5) is 5.69 Å². The summed E-state index contributed by atoms with van der Waals surface area (Å²) in [4.78, 5) is 2.91. The maximum atomic E-state index is 6.10. The Bertz CT molecular complexity index is 481. The summed E-state index contributed by atoms with van der Waals surface area (Å²) in [6.07, 6.45) is 5.14. The summed E-state index contributed by atoms with van der Waals surface area (Å²) in [5.74, 6) is 0.602. The van der Waals surface area contributed by atoms with Gasteiger partial charge in [0.1, 0.15) is 4.99 Å². The van der Waals surface area contributed by atoms with E-state index in [0.717, 1.165) is 17.8 Å². The molecule has 1 aromatic rings. The van der Waals surface area contributed by atoms with E-state index < -0.39 is 0 Å². The predicted octanol–water partition coefficient (Wildman–Crippen LogP) is 4.38. The third-order valence-corrected chi connectivity index (χ3v) is 4.32. The Balaban J connectivity index is 2.39. The van der Waals surface area contributed by atoms with Gasteiger partial charge in [-0.05, 0) is 37.0 Å². The average molecular weight is 311 g/mol. The molecule has 0 atom stereocenters. The van der Waals surface area contributed by atoms with Crippen molar-refractivity contribution >= 4 is 34.5 Å². The molecule has 1 saturated carbocycles. The van der Waals surface area contributed by atoms with Crippen molar-refractivity contribution in [2.45, 2.75) is 45.6 Å². The number of thiocarbonyl (C=S) groups is 1. The molecule has 2 N–H and O–H groups in total. The highest BCUT2D eigenvalue weighted by Crippen LogP contribution is 2.32. The molecule has 2 rings (SSSR count). The molecule has 0 heterocycles. The monoisotopic (exact) mass is 310 g/mol. The van der Waals surface area contributed by atoms with Gasteiger partial charge in [0, 0.05) is 28.9 Å². The fourth-order valence-corrected chi connectivity index (χ4v) is 3.35. The lowest BCUT2D eigenvalue weighted by atomic mass is 10.1. The van der Waals surface area contributed by atoms with E-state index in [1.54, 1.807) is 0 Å². The molecule has 1 fully saturated rings. The van der Waals surface area contributed by atoms with Crippen LogP contribution in [-0.2, 0) is 0 Å². The number of hydrogen-bond acceptors (Lipinski definition) is 2. The normalized spacial score (nSPS) is 15.8. The van der Waals surface area contributed by atoms with Crippen LogP contribution in [0.15, 0.2) is 18.2 Å². The molecule has 4 heteroatoms. The summed E-state index contributed by atoms with van der Waals surface area (Å²) in [5.41, 5.74) is 7.94. The molecule has 0 aromatic heterocycles. The molecule has 110 valence electrons. The highest BCUT2D eigenvalue weighted by Gasteiger charge is 2.25. The van der Waals surface area contributed by atoms with E-state index in [0.29, 0.717) is 22.0 Å². The standard InChI is InChI=1S/C16H23ClN2S/c1-11(2)10-19(13-5-3-4-6-13)15-8-7-12(17)9-14(15)16(18)20/h7-9,11,13H,3-6,10H2,1-2H3,(H2,18,20). The first-order chi connectivity index (χ1) is 9.49. The number of benzene rings is 1. The van der Waals surface area contributed by atoms with Gasteiger partial charge in [-0.3, -0.25) is 0 Å². The van der Waals surface area contributed by atoms with Crippen LogP contribution in [0.5, 0.6) is 0 Å². The second kappa shape index (κ2) is 6.77. The van der Waals surface area contributed by atoms with Crippen LogP contribution in [-0.4, -0.2) is 17.6 Å². The fourth-order valence-electron chi connectivity index (χ4n) is 3.01. The molecule has 0 radical (unpaired) electrons. The first kappa shape index (κ1) is 15.6. The maximum absolute atomic E-state index is 6.10. The number of anilines is 1. The highest BCUT2D eigenvalue weighted by atomic mass is 35.5. The van der Waals surface area contributed by atoms with Crippen LogP contribution in [0.1, 0.15) is 45.1 Å². The fraction of sp³-hybridized carbons (Fsp3) is 0.562. The Kier molecular flexibility index (Phi) is 5.28. The van der Waals surface area contributed by atoms with E-state index in [-0.39, 0.29) is 0 Å². The Morgan fingerprint density at radius 2 is 2.05 bits per heavy atom. The number of nitrogens with two attached hydrogens (primary N) is 1. The minimum Gasteiger partial charge on any atom is -0.389 e. The lowest BCUT2D eigenvalue weighted by Crippen LogP contribution is -2.37. The van der Waals surface area contributed by atoms with Crippen molar-refractivity contribution < 1.29 is 0 Å². The van der Waals surface area contributed by atoms with Gasteiger partial charge >= 0.3 is 0 Å². The smallest absolute Gasteiger partial charge is 0.106 e. The summed E-state index contributed by atoms with van der Waals surface area (Å²) >= 11 is 11.3. The van der Waals surface area contributed by atoms with Gasteiger partial charge in [0.15, 0.2) is 0 Å². The zero-order valence-corrected chi connectivity index (χ0v) is 13.8. The van der Waals surface area contributed by atoms with Crippen molar-refractivity contribution in [3.8, 4) is 0 Å². The molecule has 0 saturated heterocycles. The number of rotatable bonds is 5. The van der Waals surface area contributed by atoms with Crippen LogP contribution in [0, 0.1) is 5.92 Å². The molecular formula is C16H23ClN2S. The summed E-state index contributed by atoms with van der Waals surface area (Å²) in [6.45, 7) is 5.53.